The molecule has 0 aromatic carbocycles. The summed E-state index contributed by atoms with van der Waals surface area (Å²) in [5, 5.41) is 3.01. The number of nitrogens with zero attached hydrogens (tertiary/aromatic N) is 2. The smallest absolute Gasteiger partial charge is 0.264 e. The first kappa shape index (κ1) is 15.6. The number of H-pyrrole nitrogens is 1. The molecule has 0 aliphatic heterocycles. The Balaban J connectivity index is 2.48. The van der Waals surface area contributed by atoms with Gasteiger partial charge in [0.2, 0.25) is 0 Å². The zero-order valence-corrected chi connectivity index (χ0v) is 15.1. The number of rotatable bonds is 3. The maximum Gasteiger partial charge on any atom is 0.264 e. The molecule has 0 saturated heterocycles. The van der Waals surface area contributed by atoms with Crippen molar-refractivity contribution >= 4 is 33.9 Å². The third-order valence-corrected chi connectivity index (χ3v) is 5.19. The molecule has 1 N–H and O–H groups in total. The van der Waals surface area contributed by atoms with Crippen LogP contribution in [0.25, 0.3) is 11.5 Å². The summed E-state index contributed by atoms with van der Waals surface area (Å²) >= 11 is 3.66. The van der Waals surface area contributed by atoms with E-state index in [4.69, 9.17) is 0 Å². The minimum absolute atomic E-state index is 0.0126. The standard InChI is InChI=1S/C14H18IN3OS/c1-5-6-8-10(15)12(19)18-11(16-8)9-7-20-13(17-9)14(2,3)4/h7H,5-6H2,1-4H3,(H,16,18,19). The van der Waals surface area contributed by atoms with Crippen LogP contribution in [0.2, 0.25) is 0 Å². The molecule has 0 unspecified atom stereocenters. The van der Waals surface area contributed by atoms with Crippen molar-refractivity contribution in [2.45, 2.75) is 46.0 Å². The molecule has 2 aromatic rings. The summed E-state index contributed by atoms with van der Waals surface area (Å²) in [5.74, 6) is 0.575. The van der Waals surface area contributed by atoms with Gasteiger partial charge in [-0.25, -0.2) is 9.97 Å². The quantitative estimate of drug-likeness (QED) is 0.795. The molecule has 20 heavy (non-hydrogen) atoms. The predicted molar refractivity (Wildman–Crippen MR) is 91.4 cm³/mol. The number of nitrogens with one attached hydrogen (secondary N) is 1. The molecular formula is C14H18IN3OS. The highest BCUT2D eigenvalue weighted by Crippen LogP contribution is 2.28. The lowest BCUT2D eigenvalue weighted by Gasteiger charge is -2.13. The Labute approximate surface area is 136 Å². The molecule has 0 aliphatic carbocycles. The SMILES string of the molecule is CCCc1nc(-c2csc(C(C)(C)C)n2)[nH]c(=O)c1I. The van der Waals surface area contributed by atoms with Crippen LogP contribution in [0.3, 0.4) is 0 Å². The Kier molecular flexibility index (Phi) is 4.63. The third kappa shape index (κ3) is 3.28. The molecule has 0 bridgehead atoms. The number of aryl methyl sites for hydroxylation is 1. The molecule has 2 heterocycles. The van der Waals surface area contributed by atoms with Gasteiger partial charge in [-0.3, -0.25) is 4.79 Å². The van der Waals surface area contributed by atoms with Gasteiger partial charge in [-0.05, 0) is 29.0 Å². The Morgan fingerprint density at radius 1 is 1.35 bits per heavy atom. The van der Waals surface area contributed by atoms with Crippen molar-refractivity contribution in [2.24, 2.45) is 0 Å². The minimum Gasteiger partial charge on any atom is -0.304 e. The summed E-state index contributed by atoms with van der Waals surface area (Å²) in [4.78, 5) is 24.0. The highest BCUT2D eigenvalue weighted by atomic mass is 127. The molecule has 0 amide bonds. The van der Waals surface area contributed by atoms with Gasteiger partial charge in [0.25, 0.3) is 5.56 Å². The predicted octanol–water partition coefficient (Wildman–Crippen LogP) is 3.75. The fraction of sp³-hybridized carbons (Fsp3) is 0.500. The van der Waals surface area contributed by atoms with Crippen molar-refractivity contribution in [3.05, 3.63) is 30.0 Å². The van der Waals surface area contributed by atoms with Crippen LogP contribution in [0, 0.1) is 3.57 Å². The second-order valence-corrected chi connectivity index (χ2v) is 7.65. The van der Waals surface area contributed by atoms with Crippen LogP contribution in [-0.2, 0) is 11.8 Å². The van der Waals surface area contributed by atoms with Crippen LogP contribution in [0.15, 0.2) is 10.2 Å². The van der Waals surface area contributed by atoms with Gasteiger partial charge in [0.1, 0.15) is 5.69 Å². The molecule has 0 atom stereocenters. The van der Waals surface area contributed by atoms with E-state index in [0.29, 0.717) is 9.39 Å². The Morgan fingerprint density at radius 3 is 2.60 bits per heavy atom. The molecule has 0 spiro atoms. The molecule has 0 aliphatic rings. The summed E-state index contributed by atoms with van der Waals surface area (Å²) in [6.07, 6.45) is 1.78. The van der Waals surface area contributed by atoms with Gasteiger partial charge in [-0.15, -0.1) is 11.3 Å². The minimum atomic E-state index is -0.0793. The third-order valence-electron chi connectivity index (χ3n) is 2.81. The maximum atomic E-state index is 12.0. The molecule has 0 saturated carbocycles. The number of aromatic amines is 1. The lowest BCUT2D eigenvalue weighted by Crippen LogP contribution is -2.16. The molecular weight excluding hydrogens is 385 g/mol. The summed E-state index contributed by atoms with van der Waals surface area (Å²) in [7, 11) is 0. The van der Waals surface area contributed by atoms with Gasteiger partial charge in [-0.2, -0.15) is 0 Å². The normalized spacial score (nSPS) is 11.8. The molecule has 6 heteroatoms. The number of halogens is 1. The van der Waals surface area contributed by atoms with Gasteiger partial charge >= 0.3 is 0 Å². The van der Waals surface area contributed by atoms with E-state index in [0.717, 1.165) is 29.2 Å². The number of hydrogen-bond donors (Lipinski definition) is 1. The monoisotopic (exact) mass is 403 g/mol. The molecule has 2 aromatic heterocycles. The van der Waals surface area contributed by atoms with E-state index in [2.05, 4.69) is 65.2 Å². The van der Waals surface area contributed by atoms with Crippen LogP contribution in [-0.4, -0.2) is 15.0 Å². The average molecular weight is 403 g/mol. The number of hydrogen-bond acceptors (Lipinski definition) is 4. The van der Waals surface area contributed by atoms with E-state index in [1.807, 2.05) is 5.38 Å². The van der Waals surface area contributed by atoms with E-state index in [1.54, 1.807) is 11.3 Å². The van der Waals surface area contributed by atoms with Crippen LogP contribution < -0.4 is 5.56 Å². The zero-order valence-electron chi connectivity index (χ0n) is 12.1. The Morgan fingerprint density at radius 2 is 2.05 bits per heavy atom. The Bertz CT molecular complexity index is 670. The molecule has 4 nitrogen and oxygen atoms in total. The lowest BCUT2D eigenvalue weighted by atomic mass is 9.98. The summed E-state index contributed by atoms with van der Waals surface area (Å²) in [5.41, 5.74) is 1.55. The van der Waals surface area contributed by atoms with Gasteiger partial charge in [-0.1, -0.05) is 34.1 Å². The van der Waals surface area contributed by atoms with E-state index >= 15 is 0 Å². The maximum absolute atomic E-state index is 12.0. The first-order valence-electron chi connectivity index (χ1n) is 6.58. The Hall–Kier alpha value is -0.760. The lowest BCUT2D eigenvalue weighted by molar-refractivity contribution is 0.585. The van der Waals surface area contributed by atoms with Crippen molar-refractivity contribution in [2.75, 3.05) is 0 Å². The summed E-state index contributed by atoms with van der Waals surface area (Å²) in [6, 6.07) is 0. The van der Waals surface area contributed by atoms with Crippen LogP contribution >= 0.6 is 33.9 Å². The van der Waals surface area contributed by atoms with Gasteiger partial charge < -0.3 is 4.98 Å². The van der Waals surface area contributed by atoms with Crippen molar-refractivity contribution in [1.29, 1.82) is 0 Å². The van der Waals surface area contributed by atoms with Gasteiger partial charge in [0, 0.05) is 10.8 Å². The summed E-state index contributed by atoms with van der Waals surface area (Å²) in [6.45, 7) is 8.46. The summed E-state index contributed by atoms with van der Waals surface area (Å²) < 4.78 is 0.680. The fourth-order valence-electron chi connectivity index (χ4n) is 1.76. The molecule has 0 fully saturated rings. The average Bonchev–Trinajstić information content (AvgIpc) is 2.84. The van der Waals surface area contributed by atoms with Gasteiger partial charge in [0.15, 0.2) is 5.82 Å². The topological polar surface area (TPSA) is 58.6 Å². The molecule has 0 radical (unpaired) electrons. The second-order valence-electron chi connectivity index (χ2n) is 5.71. The zero-order chi connectivity index (χ0) is 14.9. The number of thiazole rings is 1. The first-order valence-corrected chi connectivity index (χ1v) is 8.54. The van der Waals surface area contributed by atoms with E-state index in [1.165, 1.54) is 0 Å². The van der Waals surface area contributed by atoms with Crippen molar-refractivity contribution in [3.8, 4) is 11.5 Å². The molecule has 108 valence electrons. The van der Waals surface area contributed by atoms with E-state index < -0.39 is 0 Å². The van der Waals surface area contributed by atoms with E-state index in [-0.39, 0.29) is 11.0 Å². The van der Waals surface area contributed by atoms with Crippen molar-refractivity contribution < 1.29 is 0 Å². The van der Waals surface area contributed by atoms with E-state index in [9.17, 15) is 4.79 Å². The van der Waals surface area contributed by atoms with Crippen LogP contribution in [0.5, 0.6) is 0 Å². The van der Waals surface area contributed by atoms with Crippen molar-refractivity contribution in [3.63, 3.8) is 0 Å². The van der Waals surface area contributed by atoms with Crippen molar-refractivity contribution in [1.82, 2.24) is 15.0 Å². The highest BCUT2D eigenvalue weighted by molar-refractivity contribution is 14.1. The largest absolute Gasteiger partial charge is 0.304 e. The second kappa shape index (κ2) is 5.93. The van der Waals surface area contributed by atoms with Crippen LogP contribution in [0.4, 0.5) is 0 Å². The number of aromatic nitrogens is 3. The van der Waals surface area contributed by atoms with Crippen LogP contribution in [0.1, 0.15) is 44.8 Å². The molecule has 2 rings (SSSR count). The fourth-order valence-corrected chi connectivity index (χ4v) is 3.17. The highest BCUT2D eigenvalue weighted by Gasteiger charge is 2.19. The van der Waals surface area contributed by atoms with Gasteiger partial charge in [0.05, 0.1) is 14.3 Å². The first-order chi connectivity index (χ1) is 9.32.